The fourth-order valence-electron chi connectivity index (χ4n) is 4.92. The first-order valence-electron chi connectivity index (χ1n) is 19.6. The molecule has 0 bridgehead atoms. The van der Waals surface area contributed by atoms with Crippen LogP contribution in [-0.2, 0) is 23.7 Å². The number of allylic oxidation sites excluding steroid dienone is 18. The largest absolute Gasteiger partial charge is 0.457 e. The Hall–Kier alpha value is -3.41. The molecule has 302 valence electrons. The molecular formula is C45H68O9. The van der Waals surface area contributed by atoms with Crippen LogP contribution >= 0.6 is 0 Å². The summed E-state index contributed by atoms with van der Waals surface area (Å²) in [6.07, 6.45) is 44.1. The van der Waals surface area contributed by atoms with Crippen LogP contribution in [0.2, 0.25) is 0 Å². The van der Waals surface area contributed by atoms with Crippen molar-refractivity contribution in [1.29, 1.82) is 0 Å². The second-order valence-corrected chi connectivity index (χ2v) is 12.6. The molecule has 9 heteroatoms. The number of hydrogen-bond acceptors (Lipinski definition) is 9. The van der Waals surface area contributed by atoms with Crippen molar-refractivity contribution in [1.82, 2.24) is 0 Å². The molecule has 1 rings (SSSR count). The van der Waals surface area contributed by atoms with Crippen LogP contribution in [0.5, 0.6) is 0 Å². The Morgan fingerprint density at radius 3 is 1.44 bits per heavy atom. The lowest BCUT2D eigenvalue weighted by molar-refractivity contribution is -0.305. The molecule has 54 heavy (non-hydrogen) atoms. The molecular weight excluding hydrogens is 684 g/mol. The zero-order valence-corrected chi connectivity index (χ0v) is 32.7. The molecule has 0 aromatic carbocycles. The number of aliphatic hydroxyl groups excluding tert-OH is 4. The first-order chi connectivity index (χ1) is 26.4. The fraction of sp³-hybridized carbons (Fsp3) is 0.533. The molecule has 0 aromatic heterocycles. The zero-order chi connectivity index (χ0) is 39.3. The summed E-state index contributed by atoms with van der Waals surface area (Å²) in [7, 11) is 0. The van der Waals surface area contributed by atoms with Gasteiger partial charge in [-0.3, -0.25) is 4.79 Å². The Balaban J connectivity index is 2.47. The van der Waals surface area contributed by atoms with Crippen molar-refractivity contribution >= 4 is 5.97 Å². The lowest BCUT2D eigenvalue weighted by Crippen LogP contribution is -2.59. The number of rotatable bonds is 30. The van der Waals surface area contributed by atoms with E-state index in [2.05, 4.69) is 111 Å². The normalized spacial score (nSPS) is 22.2. The maximum Gasteiger partial charge on any atom is 0.310 e. The molecule has 1 aliphatic heterocycles. The van der Waals surface area contributed by atoms with E-state index in [4.69, 9.17) is 18.9 Å². The molecule has 0 saturated carbocycles. The third-order valence-electron chi connectivity index (χ3n) is 7.93. The van der Waals surface area contributed by atoms with Crippen molar-refractivity contribution in [2.45, 2.75) is 128 Å². The van der Waals surface area contributed by atoms with Gasteiger partial charge in [-0.15, -0.1) is 0 Å². The number of carbonyl (C=O) groups excluding carboxylic acids is 1. The minimum atomic E-state index is -1.57. The maximum atomic E-state index is 12.7. The Labute approximate surface area is 325 Å². The average molecular weight is 753 g/mol. The van der Waals surface area contributed by atoms with Crippen molar-refractivity contribution < 1.29 is 44.2 Å². The zero-order valence-electron chi connectivity index (χ0n) is 32.7. The highest BCUT2D eigenvalue weighted by atomic mass is 16.7. The Kier molecular flexibility index (Phi) is 31.8. The van der Waals surface area contributed by atoms with Crippen LogP contribution in [0.25, 0.3) is 0 Å². The summed E-state index contributed by atoms with van der Waals surface area (Å²) in [4.78, 5) is 12.7. The van der Waals surface area contributed by atoms with E-state index in [0.29, 0.717) is 19.4 Å². The van der Waals surface area contributed by atoms with E-state index < -0.39 is 49.4 Å². The van der Waals surface area contributed by atoms with E-state index in [1.807, 2.05) is 18.2 Å². The first-order valence-corrected chi connectivity index (χ1v) is 19.6. The summed E-state index contributed by atoms with van der Waals surface area (Å²) >= 11 is 0. The minimum absolute atomic E-state index is 0.0412. The highest BCUT2D eigenvalue weighted by Gasteiger charge is 2.44. The van der Waals surface area contributed by atoms with Gasteiger partial charge in [-0.25, -0.2) is 0 Å². The van der Waals surface area contributed by atoms with Gasteiger partial charge in [-0.2, -0.15) is 0 Å². The smallest absolute Gasteiger partial charge is 0.310 e. The summed E-state index contributed by atoms with van der Waals surface area (Å²) in [5.41, 5.74) is 0. The maximum absolute atomic E-state index is 12.7. The van der Waals surface area contributed by atoms with Crippen molar-refractivity contribution in [2.24, 2.45) is 0 Å². The lowest BCUT2D eigenvalue weighted by Gasteiger charge is -2.39. The van der Waals surface area contributed by atoms with Gasteiger partial charge in [0, 0.05) is 0 Å². The molecule has 0 amide bonds. The standard InChI is InChI=1S/C45H68O9/c1-3-5-7-9-11-13-15-17-19-21-23-25-27-29-31-33-35-51-37-39(38-52-45-44(50)43(49)42(48)40(36-46)54-45)53-41(47)34-32-30-28-26-24-22-20-18-16-14-12-10-8-6-4-2/h5-8,11-14,17-20,23-26,29-32,39-40,42-46,48-50H,3-4,9-10,15-16,21-22,27-28,33-38H2,1-2H3/b7-5-,8-6-,13-11-,14-12-,19-17-,20-18-,25-23-,26-24-,31-29-,32-30-. The van der Waals surface area contributed by atoms with Gasteiger partial charge in [-0.05, 0) is 70.6 Å². The van der Waals surface area contributed by atoms with Crippen LogP contribution in [-0.4, -0.2) is 89.6 Å². The molecule has 6 unspecified atom stereocenters. The number of ether oxygens (including phenoxy) is 4. The van der Waals surface area contributed by atoms with Crippen LogP contribution < -0.4 is 0 Å². The van der Waals surface area contributed by atoms with Crippen LogP contribution in [0, 0.1) is 0 Å². The van der Waals surface area contributed by atoms with Crippen LogP contribution in [0.1, 0.15) is 90.9 Å². The topological polar surface area (TPSA) is 135 Å². The van der Waals surface area contributed by atoms with E-state index in [0.717, 1.165) is 57.8 Å². The van der Waals surface area contributed by atoms with Gasteiger partial charge >= 0.3 is 5.97 Å². The van der Waals surface area contributed by atoms with E-state index in [1.54, 1.807) is 6.08 Å². The van der Waals surface area contributed by atoms with Crippen LogP contribution in [0.4, 0.5) is 0 Å². The molecule has 0 aromatic rings. The monoisotopic (exact) mass is 752 g/mol. The van der Waals surface area contributed by atoms with Crippen LogP contribution in [0.3, 0.4) is 0 Å². The SMILES string of the molecule is CC/C=C\C/C=C\C/C=C\C/C=C\C/C=C\CCOCC(COC1OC(CO)C(O)C(O)C1O)OC(=O)C/C=C\C/C=C\C/C=C\C/C=C\C/C=C\CC. The Morgan fingerprint density at radius 1 is 0.574 bits per heavy atom. The third kappa shape index (κ3) is 26.4. The van der Waals surface area contributed by atoms with Gasteiger partial charge in [0.05, 0.1) is 32.8 Å². The third-order valence-corrected chi connectivity index (χ3v) is 7.93. The Bertz CT molecular complexity index is 1220. The molecule has 1 aliphatic rings. The highest BCUT2D eigenvalue weighted by Crippen LogP contribution is 2.22. The van der Waals surface area contributed by atoms with Gasteiger partial charge in [0.1, 0.15) is 30.5 Å². The quantitative estimate of drug-likeness (QED) is 0.0327. The average Bonchev–Trinajstić information content (AvgIpc) is 3.17. The van der Waals surface area contributed by atoms with E-state index in [-0.39, 0.29) is 19.6 Å². The summed E-state index contributed by atoms with van der Waals surface area (Å²) in [5, 5.41) is 40.0. The fourth-order valence-corrected chi connectivity index (χ4v) is 4.92. The molecule has 1 saturated heterocycles. The Morgan fingerprint density at radius 2 is 1.00 bits per heavy atom. The lowest BCUT2D eigenvalue weighted by atomic mass is 9.99. The number of esters is 1. The first kappa shape index (κ1) is 48.6. The predicted octanol–water partition coefficient (Wildman–Crippen LogP) is 8.01. The summed E-state index contributed by atoms with van der Waals surface area (Å²) in [6.45, 7) is 3.93. The van der Waals surface area contributed by atoms with E-state index in [9.17, 15) is 25.2 Å². The van der Waals surface area contributed by atoms with Gasteiger partial charge in [-0.1, -0.05) is 135 Å². The molecule has 4 N–H and O–H groups in total. The van der Waals surface area contributed by atoms with Crippen molar-refractivity contribution in [2.75, 3.05) is 26.4 Å². The van der Waals surface area contributed by atoms with Gasteiger partial charge < -0.3 is 39.4 Å². The summed E-state index contributed by atoms with van der Waals surface area (Å²) < 4.78 is 22.5. The molecule has 6 atom stereocenters. The summed E-state index contributed by atoms with van der Waals surface area (Å²) in [6, 6.07) is 0. The molecule has 1 fully saturated rings. The molecule has 0 spiro atoms. The predicted molar refractivity (Wildman–Crippen MR) is 219 cm³/mol. The minimum Gasteiger partial charge on any atom is -0.457 e. The van der Waals surface area contributed by atoms with E-state index >= 15 is 0 Å². The number of hydrogen-bond donors (Lipinski definition) is 4. The summed E-state index contributed by atoms with van der Waals surface area (Å²) in [5.74, 6) is -0.472. The number of carbonyl (C=O) groups is 1. The molecule has 0 aliphatic carbocycles. The highest BCUT2D eigenvalue weighted by molar-refractivity contribution is 5.71. The van der Waals surface area contributed by atoms with Gasteiger partial charge in [0.15, 0.2) is 6.29 Å². The van der Waals surface area contributed by atoms with Crippen LogP contribution in [0.15, 0.2) is 122 Å². The number of aliphatic hydroxyl groups is 4. The van der Waals surface area contributed by atoms with Gasteiger partial charge in [0.25, 0.3) is 0 Å². The van der Waals surface area contributed by atoms with E-state index in [1.165, 1.54) is 0 Å². The van der Waals surface area contributed by atoms with Gasteiger partial charge in [0.2, 0.25) is 0 Å². The second-order valence-electron chi connectivity index (χ2n) is 12.6. The second kappa shape index (κ2) is 35.3. The van der Waals surface area contributed by atoms with Crippen molar-refractivity contribution in [3.05, 3.63) is 122 Å². The molecule has 9 nitrogen and oxygen atoms in total. The van der Waals surface area contributed by atoms with Crippen molar-refractivity contribution in [3.63, 3.8) is 0 Å². The molecule has 0 radical (unpaired) electrons. The molecule has 1 heterocycles. The van der Waals surface area contributed by atoms with Crippen molar-refractivity contribution in [3.8, 4) is 0 Å².